The second kappa shape index (κ2) is 11.5. The van der Waals surface area contributed by atoms with Gasteiger partial charge in [-0.15, -0.1) is 11.3 Å². The largest absolute Gasteiger partial charge is 0.378 e. The molecule has 10 heteroatoms. The number of aromatic nitrogens is 2. The first-order valence-corrected chi connectivity index (χ1v) is 13.3. The zero-order chi connectivity index (χ0) is 27.4. The number of thiophene rings is 1. The quantitative estimate of drug-likeness (QED) is 0.186. The van der Waals surface area contributed by atoms with E-state index >= 15 is 0 Å². The lowest BCUT2D eigenvalue weighted by molar-refractivity contribution is -0.118. The Bertz CT molecular complexity index is 1660. The zero-order valence-corrected chi connectivity index (χ0v) is 22.3. The maximum atomic E-state index is 13.1. The van der Waals surface area contributed by atoms with Crippen LogP contribution in [0.2, 0.25) is 5.02 Å². The number of nitrogens with zero attached hydrogens (tertiary/aromatic N) is 2. The van der Waals surface area contributed by atoms with Crippen LogP contribution in [0.15, 0.2) is 84.9 Å². The number of imidazole rings is 1. The minimum atomic E-state index is -0.460. The fourth-order valence-corrected chi connectivity index (χ4v) is 5.12. The Hall–Kier alpha value is -4.47. The third-order valence-electron chi connectivity index (χ3n) is 6.06. The molecule has 2 aromatic heterocycles. The van der Waals surface area contributed by atoms with Crippen molar-refractivity contribution in [2.45, 2.75) is 13.0 Å². The highest BCUT2D eigenvalue weighted by Crippen LogP contribution is 2.30. The SMILES string of the molecule is NC(=O)CCn1c(NC(=O)c2ccc(-c3ccc(Cl)cc3)s2)nc2cc(NCC(=O)c3ccccc3)ccc21. The number of carbonyl (C=O) groups excluding carboxylic acids is 3. The van der Waals surface area contributed by atoms with Gasteiger partial charge in [0.05, 0.1) is 22.5 Å². The monoisotopic (exact) mass is 557 g/mol. The topological polar surface area (TPSA) is 119 Å². The first kappa shape index (κ1) is 26.1. The Morgan fingerprint density at radius 2 is 1.72 bits per heavy atom. The molecule has 2 heterocycles. The number of carbonyl (C=O) groups is 3. The number of hydrogen-bond donors (Lipinski definition) is 3. The molecule has 3 aromatic carbocycles. The predicted molar refractivity (Wildman–Crippen MR) is 156 cm³/mol. The molecule has 0 spiro atoms. The van der Waals surface area contributed by atoms with E-state index in [9.17, 15) is 14.4 Å². The fraction of sp³-hybridized carbons (Fsp3) is 0.103. The molecule has 0 saturated carbocycles. The Labute approximate surface area is 233 Å². The van der Waals surface area contributed by atoms with E-state index in [0.29, 0.717) is 32.6 Å². The normalized spacial score (nSPS) is 10.9. The minimum Gasteiger partial charge on any atom is -0.378 e. The molecule has 39 heavy (non-hydrogen) atoms. The molecule has 0 saturated heterocycles. The lowest BCUT2D eigenvalue weighted by atomic mass is 10.1. The first-order chi connectivity index (χ1) is 18.9. The van der Waals surface area contributed by atoms with Crippen LogP contribution in [0.5, 0.6) is 0 Å². The van der Waals surface area contributed by atoms with Gasteiger partial charge in [0.2, 0.25) is 11.9 Å². The number of rotatable bonds is 10. The van der Waals surface area contributed by atoms with Gasteiger partial charge in [0.1, 0.15) is 0 Å². The summed E-state index contributed by atoms with van der Waals surface area (Å²) in [6, 6.07) is 25.6. The van der Waals surface area contributed by atoms with E-state index in [4.69, 9.17) is 17.3 Å². The molecule has 0 aliphatic rings. The summed E-state index contributed by atoms with van der Waals surface area (Å²) in [5.74, 6) is -0.514. The second-order valence-electron chi connectivity index (χ2n) is 8.77. The maximum absolute atomic E-state index is 13.1. The molecule has 0 aliphatic heterocycles. The Morgan fingerprint density at radius 1 is 0.949 bits per heavy atom. The van der Waals surface area contributed by atoms with Gasteiger partial charge in [-0.3, -0.25) is 19.7 Å². The van der Waals surface area contributed by atoms with Crippen molar-refractivity contribution in [3.05, 3.63) is 100 Å². The number of primary amides is 1. The van der Waals surface area contributed by atoms with Crippen LogP contribution < -0.4 is 16.4 Å². The van der Waals surface area contributed by atoms with Crippen LogP contribution >= 0.6 is 22.9 Å². The van der Waals surface area contributed by atoms with E-state index in [1.165, 1.54) is 11.3 Å². The molecular formula is C29H24ClN5O3S. The average molecular weight is 558 g/mol. The number of anilines is 2. The number of aryl methyl sites for hydroxylation is 1. The van der Waals surface area contributed by atoms with E-state index in [1.54, 1.807) is 41.0 Å². The molecule has 0 aliphatic carbocycles. The first-order valence-electron chi connectivity index (χ1n) is 12.2. The highest BCUT2D eigenvalue weighted by atomic mass is 35.5. The average Bonchev–Trinajstić information content (AvgIpc) is 3.56. The smallest absolute Gasteiger partial charge is 0.268 e. The number of benzene rings is 3. The van der Waals surface area contributed by atoms with Gasteiger partial charge in [-0.25, -0.2) is 4.98 Å². The van der Waals surface area contributed by atoms with Crippen molar-refractivity contribution in [2.24, 2.45) is 5.73 Å². The number of amides is 2. The summed E-state index contributed by atoms with van der Waals surface area (Å²) >= 11 is 7.34. The number of nitrogens with two attached hydrogens (primary N) is 1. The lowest BCUT2D eigenvalue weighted by Crippen LogP contribution is -2.18. The highest BCUT2D eigenvalue weighted by Gasteiger charge is 2.17. The number of halogens is 1. The van der Waals surface area contributed by atoms with Crippen LogP contribution in [0.4, 0.5) is 11.6 Å². The summed E-state index contributed by atoms with van der Waals surface area (Å²) in [5, 5.41) is 6.66. The molecule has 0 unspecified atom stereocenters. The summed E-state index contributed by atoms with van der Waals surface area (Å²) in [6.07, 6.45) is 0.0830. The van der Waals surface area contributed by atoms with Gasteiger partial charge in [0, 0.05) is 34.1 Å². The molecule has 0 radical (unpaired) electrons. The number of nitrogens with one attached hydrogen (secondary N) is 2. The van der Waals surface area contributed by atoms with Gasteiger partial charge >= 0.3 is 0 Å². The van der Waals surface area contributed by atoms with Crippen LogP contribution in [0.25, 0.3) is 21.5 Å². The molecule has 4 N–H and O–H groups in total. The second-order valence-corrected chi connectivity index (χ2v) is 10.3. The van der Waals surface area contributed by atoms with Crippen molar-refractivity contribution >= 4 is 63.2 Å². The molecule has 0 atom stereocenters. The summed E-state index contributed by atoms with van der Waals surface area (Å²) in [6.45, 7) is 0.372. The van der Waals surface area contributed by atoms with E-state index < -0.39 is 5.91 Å². The number of ketones is 1. The molecule has 0 bridgehead atoms. The van der Waals surface area contributed by atoms with Crippen LogP contribution in [-0.4, -0.2) is 33.7 Å². The van der Waals surface area contributed by atoms with Gasteiger partial charge in [-0.05, 0) is 48.0 Å². The molecule has 0 fully saturated rings. The molecular weight excluding hydrogens is 534 g/mol. The Kier molecular flexibility index (Phi) is 7.72. The zero-order valence-electron chi connectivity index (χ0n) is 20.7. The van der Waals surface area contributed by atoms with Gasteiger partial charge < -0.3 is 15.6 Å². The van der Waals surface area contributed by atoms with E-state index in [1.807, 2.05) is 48.5 Å². The molecule has 8 nitrogen and oxygen atoms in total. The van der Waals surface area contributed by atoms with Crippen LogP contribution in [0, 0.1) is 0 Å². The van der Waals surface area contributed by atoms with Crippen molar-refractivity contribution in [2.75, 3.05) is 17.2 Å². The highest BCUT2D eigenvalue weighted by molar-refractivity contribution is 7.17. The van der Waals surface area contributed by atoms with E-state index in [-0.39, 0.29) is 31.2 Å². The molecule has 5 rings (SSSR count). The lowest BCUT2D eigenvalue weighted by Gasteiger charge is -2.09. The summed E-state index contributed by atoms with van der Waals surface area (Å²) in [7, 11) is 0. The summed E-state index contributed by atoms with van der Waals surface area (Å²) < 4.78 is 1.75. The van der Waals surface area contributed by atoms with Crippen molar-refractivity contribution in [1.82, 2.24) is 9.55 Å². The van der Waals surface area contributed by atoms with Crippen LogP contribution in [-0.2, 0) is 11.3 Å². The third kappa shape index (κ3) is 6.17. The number of fused-ring (bicyclic) bond motifs is 1. The van der Waals surface area contributed by atoms with Gasteiger partial charge in [-0.2, -0.15) is 0 Å². The van der Waals surface area contributed by atoms with Crippen molar-refractivity contribution < 1.29 is 14.4 Å². The fourth-order valence-electron chi connectivity index (χ4n) is 4.08. The number of hydrogen-bond acceptors (Lipinski definition) is 6. The molecule has 196 valence electrons. The van der Waals surface area contributed by atoms with Gasteiger partial charge in [0.15, 0.2) is 5.78 Å². The minimum absolute atomic E-state index is 0.0374. The standard InChI is InChI=1S/C29H24ClN5O3S/c30-20-8-6-19(7-9-20)25-12-13-26(39-25)28(38)34-29-33-22-16-21(10-11-23(22)35(29)15-14-27(31)37)32-17-24(36)18-4-2-1-3-5-18/h1-13,16,32H,14-15,17H2,(H2,31,37)(H,33,34,38). The van der Waals surface area contributed by atoms with E-state index in [2.05, 4.69) is 15.6 Å². The summed E-state index contributed by atoms with van der Waals surface area (Å²) in [5.41, 5.74) is 9.00. The molecule has 2 amide bonds. The van der Waals surface area contributed by atoms with Crippen molar-refractivity contribution in [3.8, 4) is 10.4 Å². The number of Topliss-reactive ketones (excluding diaryl/α,β-unsaturated/α-hetero) is 1. The van der Waals surface area contributed by atoms with E-state index in [0.717, 1.165) is 16.0 Å². The van der Waals surface area contributed by atoms with Crippen LogP contribution in [0.1, 0.15) is 26.5 Å². The van der Waals surface area contributed by atoms with Crippen molar-refractivity contribution in [3.63, 3.8) is 0 Å². The van der Waals surface area contributed by atoms with Crippen LogP contribution in [0.3, 0.4) is 0 Å². The Morgan fingerprint density at radius 3 is 2.46 bits per heavy atom. The van der Waals surface area contributed by atoms with Gasteiger partial charge in [0.25, 0.3) is 5.91 Å². The maximum Gasteiger partial charge on any atom is 0.268 e. The third-order valence-corrected chi connectivity index (χ3v) is 7.45. The molecule has 5 aromatic rings. The van der Waals surface area contributed by atoms with Crippen molar-refractivity contribution in [1.29, 1.82) is 0 Å². The predicted octanol–water partition coefficient (Wildman–Crippen LogP) is 5.84. The summed E-state index contributed by atoms with van der Waals surface area (Å²) in [4.78, 5) is 43.2. The van der Waals surface area contributed by atoms with Gasteiger partial charge in [-0.1, -0.05) is 54.1 Å². The Balaban J connectivity index is 1.36.